The van der Waals surface area contributed by atoms with Gasteiger partial charge in [-0.1, -0.05) is 6.07 Å². The Balaban J connectivity index is 0.697. The molecule has 1 unspecified atom stereocenters. The summed E-state index contributed by atoms with van der Waals surface area (Å²) in [7, 11) is 1.67. The molecule has 2 N–H and O–H groups in total. The number of aromatic nitrogens is 4. The van der Waals surface area contributed by atoms with E-state index in [4.69, 9.17) is 14.2 Å². The summed E-state index contributed by atoms with van der Waals surface area (Å²) in [6.45, 7) is 6.28. The highest BCUT2D eigenvalue weighted by molar-refractivity contribution is 6.05. The van der Waals surface area contributed by atoms with E-state index in [2.05, 4.69) is 48.3 Å². The van der Waals surface area contributed by atoms with Gasteiger partial charge in [0.25, 0.3) is 5.91 Å². The maximum Gasteiger partial charge on any atom is 0.255 e. The van der Waals surface area contributed by atoms with Crippen molar-refractivity contribution in [2.24, 2.45) is 0 Å². The van der Waals surface area contributed by atoms with E-state index in [0.29, 0.717) is 36.6 Å². The van der Waals surface area contributed by atoms with E-state index in [1.54, 1.807) is 18.3 Å². The van der Waals surface area contributed by atoms with Crippen molar-refractivity contribution in [3.05, 3.63) is 59.4 Å². The van der Waals surface area contributed by atoms with Crippen molar-refractivity contribution in [3.63, 3.8) is 0 Å². The van der Waals surface area contributed by atoms with Gasteiger partial charge in [0, 0.05) is 48.1 Å². The number of H-pyrrole nitrogens is 1. The minimum absolute atomic E-state index is 0.0473. The monoisotopic (exact) mass is 774 g/mol. The molecule has 0 bridgehead atoms. The van der Waals surface area contributed by atoms with Crippen LogP contribution in [0.4, 0.5) is 5.82 Å². The molecule has 1 atom stereocenters. The van der Waals surface area contributed by atoms with Gasteiger partial charge in [-0.15, -0.1) is 0 Å². The SMILES string of the molecule is COc1c(C2CCN(C3CC(OC4CCN(c5cc(-c6n[nH]c7ccc(OC8(C)CC8)cc67)ncn5)CC4)C3)CC2)ccc2c1CN(C1CCC(=O)NC1=O)C2=O. The van der Waals surface area contributed by atoms with Gasteiger partial charge in [0.2, 0.25) is 11.8 Å². The molecule has 10 rings (SSSR count). The third-order valence-electron chi connectivity index (χ3n) is 13.4. The lowest BCUT2D eigenvalue weighted by Crippen LogP contribution is -2.52. The Bertz CT molecular complexity index is 2220. The molecule has 3 amide bonds. The molecule has 4 aliphatic heterocycles. The first-order valence-electron chi connectivity index (χ1n) is 20.7. The number of carbonyl (C=O) groups excluding carboxylic acids is 3. The van der Waals surface area contributed by atoms with Crippen molar-refractivity contribution in [2.45, 2.75) is 113 Å². The highest BCUT2D eigenvalue weighted by Crippen LogP contribution is 2.44. The number of likely N-dealkylation sites (tertiary alicyclic amines) is 1. The molecule has 6 aliphatic rings. The van der Waals surface area contributed by atoms with Crippen LogP contribution >= 0.6 is 0 Å². The molecule has 4 aromatic rings. The normalized spacial score (nSPS) is 25.4. The first kappa shape index (κ1) is 36.3. The lowest BCUT2D eigenvalue weighted by molar-refractivity contribution is -0.136. The van der Waals surface area contributed by atoms with E-state index in [1.165, 1.54) is 0 Å². The number of hydrogen-bond acceptors (Lipinski definition) is 11. The molecule has 3 saturated heterocycles. The second-order valence-corrected chi connectivity index (χ2v) is 17.1. The van der Waals surface area contributed by atoms with Crippen LogP contribution in [0.5, 0.6) is 11.5 Å². The maximum atomic E-state index is 13.4. The van der Waals surface area contributed by atoms with Crippen LogP contribution in [-0.2, 0) is 20.9 Å². The van der Waals surface area contributed by atoms with Gasteiger partial charge in [-0.05, 0) is 114 Å². The molecule has 2 saturated carbocycles. The van der Waals surface area contributed by atoms with E-state index in [1.807, 2.05) is 30.3 Å². The average molecular weight is 775 g/mol. The third kappa shape index (κ3) is 6.90. The number of methoxy groups -OCH3 is 1. The van der Waals surface area contributed by atoms with Crippen molar-refractivity contribution in [2.75, 3.05) is 38.2 Å². The number of imide groups is 1. The molecule has 0 spiro atoms. The quantitative estimate of drug-likeness (QED) is 0.207. The molecule has 2 aromatic carbocycles. The molecule has 298 valence electrons. The summed E-state index contributed by atoms with van der Waals surface area (Å²) in [4.78, 5) is 53.4. The highest BCUT2D eigenvalue weighted by atomic mass is 16.5. The van der Waals surface area contributed by atoms with Crippen molar-refractivity contribution in [1.29, 1.82) is 0 Å². The van der Waals surface area contributed by atoms with Gasteiger partial charge in [0.1, 0.15) is 41.0 Å². The summed E-state index contributed by atoms with van der Waals surface area (Å²) in [6, 6.07) is 12.0. The van der Waals surface area contributed by atoms with E-state index < -0.39 is 11.9 Å². The number of amides is 3. The molecule has 5 fully saturated rings. The van der Waals surface area contributed by atoms with Crippen LogP contribution in [0, 0.1) is 0 Å². The predicted molar refractivity (Wildman–Crippen MR) is 211 cm³/mol. The van der Waals surface area contributed by atoms with Crippen molar-refractivity contribution < 1.29 is 28.6 Å². The number of aromatic amines is 1. The Morgan fingerprint density at radius 3 is 2.46 bits per heavy atom. The van der Waals surface area contributed by atoms with Gasteiger partial charge in [-0.2, -0.15) is 5.10 Å². The zero-order valence-electron chi connectivity index (χ0n) is 32.7. The molecular formula is C43H50N8O6. The van der Waals surface area contributed by atoms with Gasteiger partial charge in [-0.3, -0.25) is 24.8 Å². The molecule has 6 heterocycles. The number of anilines is 1. The molecule has 0 radical (unpaired) electrons. The fraction of sp³-hybridized carbons (Fsp3) is 0.535. The smallest absolute Gasteiger partial charge is 0.255 e. The maximum absolute atomic E-state index is 13.4. The number of fused-ring (bicyclic) bond motifs is 2. The zero-order chi connectivity index (χ0) is 38.8. The molecule has 14 heteroatoms. The summed E-state index contributed by atoms with van der Waals surface area (Å²) in [5.41, 5.74) is 5.10. The predicted octanol–water partition coefficient (Wildman–Crippen LogP) is 5.12. The Kier molecular flexibility index (Phi) is 9.15. The van der Waals surface area contributed by atoms with Crippen molar-refractivity contribution in [3.8, 4) is 22.9 Å². The lowest BCUT2D eigenvalue weighted by Gasteiger charge is -2.47. The summed E-state index contributed by atoms with van der Waals surface area (Å²) < 4.78 is 18.8. The Morgan fingerprint density at radius 2 is 1.70 bits per heavy atom. The van der Waals surface area contributed by atoms with E-state index in [9.17, 15) is 14.4 Å². The van der Waals surface area contributed by atoms with E-state index >= 15 is 0 Å². The van der Waals surface area contributed by atoms with Crippen molar-refractivity contribution >= 4 is 34.4 Å². The first-order chi connectivity index (χ1) is 27.7. The number of ether oxygens (including phenoxy) is 3. The Hall–Kier alpha value is -5.08. The second-order valence-electron chi connectivity index (χ2n) is 17.1. The molecular weight excluding hydrogens is 725 g/mol. The standard InChI is InChI=1S/C43H50N8O6/c1-43(13-14-43)57-28-3-6-34-32(21-28)39(48-47-34)35-22-37(45-24-44-35)50-17-11-27(12-18-50)56-29-19-26(20-29)49-15-9-25(10-16-49)30-4-5-31-33(40(30)55-2)23-51(42(31)54)36-7-8-38(52)46-41(36)53/h3-6,21-22,24-27,29,36H,7-20,23H2,1-2H3,(H,47,48)(H,46,52,53). The summed E-state index contributed by atoms with van der Waals surface area (Å²) >= 11 is 0. The molecule has 2 aliphatic carbocycles. The Morgan fingerprint density at radius 1 is 0.895 bits per heavy atom. The first-order valence-corrected chi connectivity index (χ1v) is 20.7. The van der Waals surface area contributed by atoms with Crippen LogP contribution in [0.3, 0.4) is 0 Å². The van der Waals surface area contributed by atoms with E-state index in [0.717, 1.165) is 128 Å². The second kappa shape index (κ2) is 14.4. The van der Waals surface area contributed by atoms with Gasteiger partial charge >= 0.3 is 0 Å². The Labute approximate surface area is 331 Å². The number of nitrogens with zero attached hydrogens (tertiary/aromatic N) is 6. The largest absolute Gasteiger partial charge is 0.496 e. The highest BCUT2D eigenvalue weighted by Gasteiger charge is 2.43. The number of hydrogen-bond donors (Lipinski definition) is 2. The van der Waals surface area contributed by atoms with Crippen molar-refractivity contribution in [1.82, 2.24) is 35.3 Å². The summed E-state index contributed by atoms with van der Waals surface area (Å²) in [5.74, 6) is 2.03. The van der Waals surface area contributed by atoms with Gasteiger partial charge in [0.15, 0.2) is 0 Å². The van der Waals surface area contributed by atoms with Crippen LogP contribution in [0.15, 0.2) is 42.7 Å². The lowest BCUT2D eigenvalue weighted by atomic mass is 9.82. The minimum Gasteiger partial charge on any atom is -0.496 e. The number of benzene rings is 2. The van der Waals surface area contributed by atoms with Gasteiger partial charge in [0.05, 0.1) is 37.1 Å². The van der Waals surface area contributed by atoms with Crippen LogP contribution in [-0.4, -0.2) is 111 Å². The van der Waals surface area contributed by atoms with Crippen LogP contribution in [0.25, 0.3) is 22.3 Å². The number of nitrogens with one attached hydrogen (secondary N) is 2. The van der Waals surface area contributed by atoms with Gasteiger partial charge in [-0.25, -0.2) is 9.97 Å². The van der Waals surface area contributed by atoms with Crippen LogP contribution in [0.2, 0.25) is 0 Å². The summed E-state index contributed by atoms with van der Waals surface area (Å²) in [6.07, 6.45) is 11.1. The molecule has 2 aromatic heterocycles. The topological polar surface area (TPSA) is 155 Å². The fourth-order valence-electron chi connectivity index (χ4n) is 9.67. The van der Waals surface area contributed by atoms with Gasteiger partial charge < -0.3 is 28.9 Å². The van der Waals surface area contributed by atoms with Crippen LogP contribution in [0.1, 0.15) is 98.5 Å². The minimum atomic E-state index is -0.638. The fourth-order valence-corrected chi connectivity index (χ4v) is 9.67. The zero-order valence-corrected chi connectivity index (χ0v) is 32.7. The summed E-state index contributed by atoms with van der Waals surface area (Å²) in [5, 5.41) is 11.2. The third-order valence-corrected chi connectivity index (χ3v) is 13.4. The number of piperidine rings is 3. The van der Waals surface area contributed by atoms with Crippen LogP contribution < -0.4 is 19.7 Å². The average Bonchev–Trinajstić information content (AvgIpc) is 3.63. The number of rotatable bonds is 10. The van der Waals surface area contributed by atoms with E-state index in [-0.39, 0.29) is 29.9 Å². The molecule has 14 nitrogen and oxygen atoms in total. The number of carbonyl (C=O) groups is 3. The molecule has 57 heavy (non-hydrogen) atoms.